The van der Waals surface area contributed by atoms with E-state index < -0.39 is 0 Å². The van der Waals surface area contributed by atoms with Crippen molar-refractivity contribution in [1.29, 1.82) is 0 Å². The van der Waals surface area contributed by atoms with Crippen LogP contribution in [0, 0.1) is 5.92 Å². The van der Waals surface area contributed by atoms with E-state index in [1.54, 1.807) is 0 Å². The summed E-state index contributed by atoms with van der Waals surface area (Å²) in [6, 6.07) is 11.1. The van der Waals surface area contributed by atoms with E-state index in [4.69, 9.17) is 9.47 Å². The molecule has 0 bridgehead atoms. The molecule has 3 rings (SSSR count). The topological polar surface area (TPSA) is 30.5 Å². The van der Waals surface area contributed by atoms with Gasteiger partial charge in [-0.15, -0.1) is 0 Å². The third-order valence-electron chi connectivity index (χ3n) is 3.94. The summed E-state index contributed by atoms with van der Waals surface area (Å²) < 4.78 is 11.3. The van der Waals surface area contributed by atoms with Crippen LogP contribution >= 0.6 is 0 Å². The predicted molar refractivity (Wildman–Crippen MR) is 70.5 cm³/mol. The maximum absolute atomic E-state index is 5.90. The van der Waals surface area contributed by atoms with Crippen molar-refractivity contribution in [2.45, 2.75) is 25.0 Å². The first-order valence-electron chi connectivity index (χ1n) is 6.91. The summed E-state index contributed by atoms with van der Waals surface area (Å²) in [5.41, 5.74) is 1.31. The Balaban J connectivity index is 1.57. The van der Waals surface area contributed by atoms with Crippen LogP contribution in [0.15, 0.2) is 30.3 Å². The summed E-state index contributed by atoms with van der Waals surface area (Å²) in [7, 11) is 0. The minimum atomic E-state index is 0.265. The SMILES string of the molecule is c1ccc([C@H]2OCC[C@@H]2CNC2CCOC2)cc1. The van der Waals surface area contributed by atoms with Gasteiger partial charge in [0.15, 0.2) is 0 Å². The smallest absolute Gasteiger partial charge is 0.0866 e. The van der Waals surface area contributed by atoms with Crippen molar-refractivity contribution in [3.05, 3.63) is 35.9 Å². The van der Waals surface area contributed by atoms with Crippen LogP contribution in [0.25, 0.3) is 0 Å². The van der Waals surface area contributed by atoms with E-state index in [0.717, 1.165) is 39.2 Å². The Labute approximate surface area is 108 Å². The summed E-state index contributed by atoms with van der Waals surface area (Å²) in [5.74, 6) is 0.591. The molecule has 0 radical (unpaired) electrons. The Morgan fingerprint density at radius 1 is 1.11 bits per heavy atom. The molecule has 0 saturated carbocycles. The standard InChI is InChI=1S/C15H21NO2/c1-2-4-12(5-3-1)15-13(6-9-18-15)10-16-14-7-8-17-11-14/h1-5,13-16H,6-11H2/t13-,14?,15-/m1/s1. The van der Waals surface area contributed by atoms with E-state index in [2.05, 4.69) is 35.6 Å². The fourth-order valence-electron chi connectivity index (χ4n) is 2.87. The van der Waals surface area contributed by atoms with E-state index in [0.29, 0.717) is 12.0 Å². The molecule has 2 heterocycles. The molecule has 18 heavy (non-hydrogen) atoms. The second-order valence-corrected chi connectivity index (χ2v) is 5.22. The number of benzene rings is 1. The second kappa shape index (κ2) is 5.83. The molecular weight excluding hydrogens is 226 g/mol. The highest BCUT2D eigenvalue weighted by Gasteiger charge is 2.30. The van der Waals surface area contributed by atoms with Crippen molar-refractivity contribution in [2.24, 2.45) is 5.92 Å². The van der Waals surface area contributed by atoms with E-state index in [9.17, 15) is 0 Å². The molecule has 2 aliphatic heterocycles. The van der Waals surface area contributed by atoms with Gasteiger partial charge in [-0.1, -0.05) is 30.3 Å². The van der Waals surface area contributed by atoms with Gasteiger partial charge in [0.1, 0.15) is 0 Å². The lowest BCUT2D eigenvalue weighted by atomic mass is 9.95. The number of rotatable bonds is 4. The van der Waals surface area contributed by atoms with Crippen molar-refractivity contribution in [1.82, 2.24) is 5.32 Å². The monoisotopic (exact) mass is 247 g/mol. The molecule has 2 saturated heterocycles. The summed E-state index contributed by atoms with van der Waals surface area (Å²) >= 11 is 0. The van der Waals surface area contributed by atoms with E-state index >= 15 is 0 Å². The van der Waals surface area contributed by atoms with Gasteiger partial charge in [-0.2, -0.15) is 0 Å². The van der Waals surface area contributed by atoms with Gasteiger partial charge in [0.2, 0.25) is 0 Å². The Morgan fingerprint density at radius 3 is 2.78 bits per heavy atom. The van der Waals surface area contributed by atoms with Crippen LogP contribution in [0.4, 0.5) is 0 Å². The highest BCUT2D eigenvalue weighted by atomic mass is 16.5. The zero-order valence-electron chi connectivity index (χ0n) is 10.7. The quantitative estimate of drug-likeness (QED) is 0.884. The van der Waals surface area contributed by atoms with E-state index in [1.165, 1.54) is 5.56 Å². The summed E-state index contributed by atoms with van der Waals surface area (Å²) in [6.45, 7) is 3.69. The van der Waals surface area contributed by atoms with Crippen LogP contribution in [0.2, 0.25) is 0 Å². The fourth-order valence-corrected chi connectivity index (χ4v) is 2.87. The van der Waals surface area contributed by atoms with Crippen LogP contribution < -0.4 is 5.32 Å². The summed E-state index contributed by atoms with van der Waals surface area (Å²) in [6.07, 6.45) is 2.56. The van der Waals surface area contributed by atoms with E-state index in [-0.39, 0.29) is 6.10 Å². The van der Waals surface area contributed by atoms with Crippen LogP contribution in [0.5, 0.6) is 0 Å². The highest BCUT2D eigenvalue weighted by molar-refractivity contribution is 5.19. The normalized spacial score (nSPS) is 31.9. The molecular formula is C15H21NO2. The lowest BCUT2D eigenvalue weighted by Crippen LogP contribution is -2.34. The molecule has 98 valence electrons. The predicted octanol–water partition coefficient (Wildman–Crippen LogP) is 2.14. The molecule has 0 spiro atoms. The molecule has 1 unspecified atom stereocenters. The molecule has 0 amide bonds. The summed E-state index contributed by atoms with van der Waals surface area (Å²) in [4.78, 5) is 0. The molecule has 2 fully saturated rings. The molecule has 3 atom stereocenters. The van der Waals surface area contributed by atoms with E-state index in [1.807, 2.05) is 0 Å². The maximum atomic E-state index is 5.90. The summed E-state index contributed by atoms with van der Waals surface area (Å²) in [5, 5.41) is 3.62. The lowest BCUT2D eigenvalue weighted by Gasteiger charge is -2.21. The first-order valence-corrected chi connectivity index (χ1v) is 6.91. The maximum Gasteiger partial charge on any atom is 0.0866 e. The molecule has 1 aromatic rings. The molecule has 1 N–H and O–H groups in total. The molecule has 2 aliphatic rings. The zero-order chi connectivity index (χ0) is 12.2. The first kappa shape index (κ1) is 12.2. The Bertz CT molecular complexity index is 362. The lowest BCUT2D eigenvalue weighted by molar-refractivity contribution is 0.0895. The van der Waals surface area contributed by atoms with Gasteiger partial charge < -0.3 is 14.8 Å². The minimum Gasteiger partial charge on any atom is -0.380 e. The minimum absolute atomic E-state index is 0.265. The van der Waals surface area contributed by atoms with Gasteiger partial charge in [-0.05, 0) is 18.4 Å². The highest BCUT2D eigenvalue weighted by Crippen LogP contribution is 2.34. The average Bonchev–Trinajstić information content (AvgIpc) is 3.09. The number of nitrogens with one attached hydrogen (secondary N) is 1. The third kappa shape index (κ3) is 2.74. The Kier molecular flexibility index (Phi) is 3.93. The van der Waals surface area contributed by atoms with Crippen molar-refractivity contribution in [3.8, 4) is 0 Å². The van der Waals surface area contributed by atoms with Gasteiger partial charge in [-0.25, -0.2) is 0 Å². The van der Waals surface area contributed by atoms with Crippen molar-refractivity contribution in [3.63, 3.8) is 0 Å². The van der Waals surface area contributed by atoms with Gasteiger partial charge >= 0.3 is 0 Å². The zero-order valence-corrected chi connectivity index (χ0v) is 10.7. The molecule has 0 aromatic heterocycles. The number of ether oxygens (including phenoxy) is 2. The molecule has 3 nitrogen and oxygen atoms in total. The van der Waals surface area contributed by atoms with Gasteiger partial charge in [0.05, 0.1) is 12.7 Å². The number of hydrogen-bond donors (Lipinski definition) is 1. The van der Waals surface area contributed by atoms with Gasteiger partial charge in [-0.3, -0.25) is 0 Å². The molecule has 0 aliphatic carbocycles. The van der Waals surface area contributed by atoms with Gasteiger partial charge in [0.25, 0.3) is 0 Å². The van der Waals surface area contributed by atoms with Crippen molar-refractivity contribution >= 4 is 0 Å². The van der Waals surface area contributed by atoms with Crippen LogP contribution in [-0.4, -0.2) is 32.4 Å². The van der Waals surface area contributed by atoms with Gasteiger partial charge in [0, 0.05) is 31.7 Å². The number of hydrogen-bond acceptors (Lipinski definition) is 3. The van der Waals surface area contributed by atoms with Crippen molar-refractivity contribution in [2.75, 3.05) is 26.4 Å². The molecule has 3 heteroatoms. The van der Waals surface area contributed by atoms with Crippen LogP contribution in [-0.2, 0) is 9.47 Å². The first-order chi connectivity index (χ1) is 8.93. The van der Waals surface area contributed by atoms with Crippen molar-refractivity contribution < 1.29 is 9.47 Å². The van der Waals surface area contributed by atoms with Crippen LogP contribution in [0.1, 0.15) is 24.5 Å². The Morgan fingerprint density at radius 2 is 2.00 bits per heavy atom. The largest absolute Gasteiger partial charge is 0.380 e. The Hall–Kier alpha value is -0.900. The third-order valence-corrected chi connectivity index (χ3v) is 3.94. The fraction of sp³-hybridized carbons (Fsp3) is 0.600. The van der Waals surface area contributed by atoms with Crippen LogP contribution in [0.3, 0.4) is 0 Å². The second-order valence-electron chi connectivity index (χ2n) is 5.22. The average molecular weight is 247 g/mol. The molecule has 1 aromatic carbocycles.